The molecule has 0 saturated heterocycles. The lowest BCUT2D eigenvalue weighted by Crippen LogP contribution is -2.62. The molecule has 4 fully saturated rings. The maximum Gasteiger partial charge on any atom is 0.397 e. The highest BCUT2D eigenvalue weighted by Gasteiger charge is 2.64. The van der Waals surface area contributed by atoms with E-state index in [9.17, 15) is 31.6 Å². The van der Waals surface area contributed by atoms with Crippen LogP contribution in [0.3, 0.4) is 0 Å². The summed E-state index contributed by atoms with van der Waals surface area (Å²) in [7, 11) is -9.08. The lowest BCUT2D eigenvalue weighted by molar-refractivity contribution is -0.204. The Morgan fingerprint density at radius 3 is 2.13 bits per heavy atom. The number of hydrogen-bond acceptors (Lipinski definition) is 8. The van der Waals surface area contributed by atoms with E-state index < -0.39 is 39.1 Å². The van der Waals surface area contributed by atoms with Crippen LogP contribution in [-0.2, 0) is 29.2 Å². The zero-order chi connectivity index (χ0) is 29.0. The van der Waals surface area contributed by atoms with Crippen molar-refractivity contribution in [2.75, 3.05) is 6.61 Å². The SMILES string of the molecule is CC(CCC[C@@H](C)[C@H]1CC[C@H]2[C@@H]3C(O)CC4C(O)C(OS(=O)(=O)O)CC[C@]4(C)[C@H]3CC[C@]12C)COS(=O)(=O)O. The lowest BCUT2D eigenvalue weighted by Gasteiger charge is -2.63. The molecule has 5 unspecified atom stereocenters. The van der Waals surface area contributed by atoms with E-state index in [-0.39, 0.29) is 41.1 Å². The molecule has 12 atom stereocenters. The summed E-state index contributed by atoms with van der Waals surface area (Å²) in [4.78, 5) is 0. The van der Waals surface area contributed by atoms with Crippen molar-refractivity contribution in [3.63, 3.8) is 0 Å². The average molecular weight is 597 g/mol. The van der Waals surface area contributed by atoms with Gasteiger partial charge in [-0.25, -0.2) is 8.37 Å². The fourth-order valence-corrected chi connectivity index (χ4v) is 10.7. The Labute approximate surface area is 234 Å². The van der Waals surface area contributed by atoms with Gasteiger partial charge in [0.05, 0.1) is 18.8 Å². The molecule has 0 radical (unpaired) electrons. The first-order chi connectivity index (χ1) is 18.0. The second-order valence-electron chi connectivity index (χ2n) is 13.8. The van der Waals surface area contributed by atoms with E-state index in [0.29, 0.717) is 37.0 Å². The molecule has 4 saturated carbocycles. The molecule has 0 spiro atoms. The summed E-state index contributed by atoms with van der Waals surface area (Å²) >= 11 is 0. The Morgan fingerprint density at radius 1 is 0.846 bits per heavy atom. The second-order valence-corrected chi connectivity index (χ2v) is 15.9. The van der Waals surface area contributed by atoms with Crippen molar-refractivity contribution in [1.29, 1.82) is 0 Å². The molecule has 0 bridgehead atoms. The van der Waals surface area contributed by atoms with Gasteiger partial charge in [-0.15, -0.1) is 0 Å². The summed E-state index contributed by atoms with van der Waals surface area (Å²) in [6, 6.07) is 0. The van der Waals surface area contributed by atoms with E-state index in [0.717, 1.165) is 44.9 Å². The van der Waals surface area contributed by atoms with Gasteiger partial charge >= 0.3 is 20.8 Å². The smallest absolute Gasteiger partial charge is 0.393 e. The molecular weight excluding hydrogens is 548 g/mol. The van der Waals surface area contributed by atoms with Gasteiger partial charge < -0.3 is 10.2 Å². The van der Waals surface area contributed by atoms with Crippen LogP contribution in [0.2, 0.25) is 0 Å². The van der Waals surface area contributed by atoms with Crippen LogP contribution in [0, 0.1) is 52.3 Å². The van der Waals surface area contributed by atoms with Crippen LogP contribution < -0.4 is 0 Å². The molecule has 39 heavy (non-hydrogen) atoms. The molecule has 228 valence electrons. The molecule has 0 aromatic carbocycles. The summed E-state index contributed by atoms with van der Waals surface area (Å²) in [6.45, 7) is 8.80. The average Bonchev–Trinajstić information content (AvgIpc) is 3.17. The van der Waals surface area contributed by atoms with Crippen LogP contribution >= 0.6 is 0 Å². The maximum absolute atomic E-state index is 11.5. The molecule has 0 heterocycles. The predicted octanol–water partition coefficient (Wildman–Crippen LogP) is 4.04. The van der Waals surface area contributed by atoms with Gasteiger partial charge in [0.25, 0.3) is 0 Å². The van der Waals surface area contributed by atoms with Crippen molar-refractivity contribution in [2.45, 2.75) is 110 Å². The molecular formula is C27H48O10S2. The van der Waals surface area contributed by atoms with Gasteiger partial charge in [0.15, 0.2) is 0 Å². The Balaban J connectivity index is 1.41. The number of rotatable bonds is 10. The van der Waals surface area contributed by atoms with Crippen molar-refractivity contribution >= 4 is 20.8 Å². The van der Waals surface area contributed by atoms with Gasteiger partial charge in [-0.05, 0) is 104 Å². The van der Waals surface area contributed by atoms with Crippen LogP contribution in [0.5, 0.6) is 0 Å². The summed E-state index contributed by atoms with van der Waals surface area (Å²) in [5.41, 5.74) is -0.109. The van der Waals surface area contributed by atoms with E-state index in [1.165, 1.54) is 0 Å². The first-order valence-corrected chi connectivity index (χ1v) is 17.3. The lowest BCUT2D eigenvalue weighted by atomic mass is 9.43. The molecule has 0 aromatic rings. The van der Waals surface area contributed by atoms with E-state index >= 15 is 0 Å². The first kappa shape index (κ1) is 31.6. The molecule has 4 aliphatic carbocycles. The highest BCUT2D eigenvalue weighted by molar-refractivity contribution is 7.81. The normalized spacial score (nSPS) is 44.2. The minimum atomic E-state index is -4.67. The van der Waals surface area contributed by atoms with Crippen LogP contribution in [-0.4, -0.2) is 61.1 Å². The Bertz CT molecular complexity index is 1080. The van der Waals surface area contributed by atoms with Gasteiger partial charge in [0.1, 0.15) is 6.10 Å². The number of aliphatic hydroxyl groups excluding tert-OH is 2. The zero-order valence-corrected chi connectivity index (χ0v) is 25.2. The third-order valence-corrected chi connectivity index (χ3v) is 12.5. The van der Waals surface area contributed by atoms with E-state index in [1.807, 2.05) is 6.92 Å². The molecule has 10 nitrogen and oxygen atoms in total. The highest BCUT2D eigenvalue weighted by atomic mass is 32.3. The van der Waals surface area contributed by atoms with E-state index in [4.69, 9.17) is 8.74 Å². The predicted molar refractivity (Wildman–Crippen MR) is 144 cm³/mol. The monoisotopic (exact) mass is 596 g/mol. The quantitative estimate of drug-likeness (QED) is 0.270. The highest BCUT2D eigenvalue weighted by Crippen LogP contribution is 2.68. The third kappa shape index (κ3) is 6.53. The van der Waals surface area contributed by atoms with Gasteiger partial charge in [-0.3, -0.25) is 9.11 Å². The number of fused-ring (bicyclic) bond motifs is 5. The Morgan fingerprint density at radius 2 is 1.49 bits per heavy atom. The summed E-state index contributed by atoms with van der Waals surface area (Å²) in [6.07, 6.45) is 5.82. The molecule has 0 aromatic heterocycles. The minimum absolute atomic E-state index is 0.0193. The largest absolute Gasteiger partial charge is 0.397 e. The molecule has 4 N–H and O–H groups in total. The van der Waals surface area contributed by atoms with Crippen molar-refractivity contribution in [1.82, 2.24) is 0 Å². The molecule has 4 aliphatic rings. The van der Waals surface area contributed by atoms with Gasteiger partial charge in [0.2, 0.25) is 0 Å². The van der Waals surface area contributed by atoms with Crippen molar-refractivity contribution in [2.24, 2.45) is 52.3 Å². The Hall–Kier alpha value is -0.340. The topological polar surface area (TPSA) is 168 Å². The molecule has 12 heteroatoms. The summed E-state index contributed by atoms with van der Waals surface area (Å²) < 4.78 is 71.6. The van der Waals surface area contributed by atoms with Crippen LogP contribution in [0.25, 0.3) is 0 Å². The zero-order valence-electron chi connectivity index (χ0n) is 23.6. The molecule has 4 rings (SSSR count). The fraction of sp³-hybridized carbons (Fsp3) is 1.00. The summed E-state index contributed by atoms with van der Waals surface area (Å²) in [5, 5.41) is 22.6. The molecule has 0 aliphatic heterocycles. The van der Waals surface area contributed by atoms with Gasteiger partial charge in [-0.1, -0.05) is 40.5 Å². The second kappa shape index (κ2) is 11.4. The Kier molecular flexibility index (Phi) is 9.23. The van der Waals surface area contributed by atoms with Gasteiger partial charge in [-0.2, -0.15) is 16.8 Å². The first-order valence-electron chi connectivity index (χ1n) is 14.6. The maximum atomic E-state index is 11.5. The van der Waals surface area contributed by atoms with Crippen LogP contribution in [0.15, 0.2) is 0 Å². The van der Waals surface area contributed by atoms with Crippen molar-refractivity contribution in [3.05, 3.63) is 0 Å². The van der Waals surface area contributed by atoms with E-state index in [2.05, 4.69) is 25.0 Å². The van der Waals surface area contributed by atoms with Crippen LogP contribution in [0.1, 0.15) is 91.9 Å². The van der Waals surface area contributed by atoms with Crippen molar-refractivity contribution < 1.29 is 44.5 Å². The standard InChI is InChI=1S/C27H48O10S2/c1-16(15-36-38(30,31)32)6-5-7-17(2)18-8-9-19-24-20(10-12-26(18,19)3)27(4)13-11-23(37-39(33,34)35)25(29)21(27)14-22(24)28/h16-25,28-29H,5-15H2,1-4H3,(H,30,31,32)(H,33,34,35)/t16?,17-,18-,19+,20+,21?,22?,23?,24+,25?,26-,27-/m1/s1. The van der Waals surface area contributed by atoms with Crippen LogP contribution in [0.4, 0.5) is 0 Å². The van der Waals surface area contributed by atoms with Gasteiger partial charge in [0, 0.05) is 0 Å². The third-order valence-electron chi connectivity index (χ3n) is 11.6. The molecule has 0 amide bonds. The number of hydrogen-bond donors (Lipinski definition) is 4. The fourth-order valence-electron chi connectivity index (χ4n) is 9.76. The van der Waals surface area contributed by atoms with E-state index in [1.54, 1.807) is 0 Å². The summed E-state index contributed by atoms with van der Waals surface area (Å²) in [5.74, 6) is 1.54. The number of aliphatic hydroxyl groups is 2. The van der Waals surface area contributed by atoms with Crippen molar-refractivity contribution in [3.8, 4) is 0 Å². The minimum Gasteiger partial charge on any atom is -0.393 e.